The number of hydrogen-bond acceptors (Lipinski definition) is 4. The lowest BCUT2D eigenvalue weighted by molar-refractivity contribution is -0.137. The summed E-state index contributed by atoms with van der Waals surface area (Å²) in [6.45, 7) is 2.09. The molecule has 0 saturated carbocycles. The van der Waals surface area contributed by atoms with Crippen molar-refractivity contribution in [2.45, 2.75) is 56.5 Å². The van der Waals surface area contributed by atoms with Crippen molar-refractivity contribution in [1.29, 1.82) is 0 Å². The first-order chi connectivity index (χ1) is 14.5. The first-order valence-corrected chi connectivity index (χ1v) is 11.7. The van der Waals surface area contributed by atoms with Gasteiger partial charge in [0.05, 0.1) is 21.8 Å². The quantitative estimate of drug-likeness (QED) is 0.442. The molecule has 2 rings (SSSR count). The Bertz CT molecular complexity index is 1000. The number of aromatic hydroxyl groups is 1. The summed E-state index contributed by atoms with van der Waals surface area (Å²) < 4.78 is 63.7. The fourth-order valence-electron chi connectivity index (χ4n) is 3.05. The second-order valence-electron chi connectivity index (χ2n) is 7.30. The molecule has 0 bridgehead atoms. The Hall–Kier alpha value is -2.55. The van der Waals surface area contributed by atoms with Crippen molar-refractivity contribution >= 4 is 21.4 Å². The third kappa shape index (κ3) is 7.27. The molecule has 0 unspecified atom stereocenters. The maximum atomic E-state index is 12.8. The lowest BCUT2D eigenvalue weighted by Crippen LogP contribution is -2.15. The van der Waals surface area contributed by atoms with E-state index in [0.29, 0.717) is 6.42 Å². The van der Waals surface area contributed by atoms with Crippen LogP contribution in [0.1, 0.15) is 61.4 Å². The van der Waals surface area contributed by atoms with Crippen LogP contribution >= 0.6 is 0 Å². The maximum Gasteiger partial charge on any atom is 0.416 e. The van der Waals surface area contributed by atoms with E-state index in [2.05, 4.69) is 12.2 Å². The summed E-state index contributed by atoms with van der Waals surface area (Å²) in [5.41, 5.74) is -1.40. The first-order valence-electron chi connectivity index (χ1n) is 10.1. The van der Waals surface area contributed by atoms with Crippen molar-refractivity contribution in [3.8, 4) is 5.75 Å². The smallest absolute Gasteiger partial charge is 0.416 e. The Morgan fingerprint density at radius 3 is 2.35 bits per heavy atom. The second kappa shape index (κ2) is 10.7. The highest BCUT2D eigenvalue weighted by atomic mass is 32.2. The van der Waals surface area contributed by atoms with Crippen LogP contribution in [0.25, 0.3) is 0 Å². The Kier molecular flexibility index (Phi) is 8.50. The Balaban J connectivity index is 2.12. The average Bonchev–Trinajstić information content (AvgIpc) is 2.70. The molecule has 0 heterocycles. The molecule has 31 heavy (non-hydrogen) atoms. The van der Waals surface area contributed by atoms with Crippen LogP contribution in [0.2, 0.25) is 0 Å². The van der Waals surface area contributed by atoms with Gasteiger partial charge in [0.15, 0.2) is 9.84 Å². The van der Waals surface area contributed by atoms with Gasteiger partial charge in [0.25, 0.3) is 5.91 Å². The molecule has 0 fully saturated rings. The average molecular weight is 458 g/mol. The summed E-state index contributed by atoms with van der Waals surface area (Å²) in [4.78, 5) is 12.4. The predicted molar refractivity (Wildman–Crippen MR) is 113 cm³/mol. The van der Waals surface area contributed by atoms with Crippen molar-refractivity contribution in [2.24, 2.45) is 0 Å². The molecule has 2 aromatic rings. The number of nitrogens with one attached hydrogen (secondary N) is 1. The fraction of sp³-hybridized carbons (Fsp3) is 0.409. The van der Waals surface area contributed by atoms with E-state index in [1.807, 2.05) is 0 Å². The maximum absolute atomic E-state index is 12.8. The Morgan fingerprint density at radius 1 is 1.00 bits per heavy atom. The normalized spacial score (nSPS) is 12.0. The highest BCUT2D eigenvalue weighted by molar-refractivity contribution is 7.91. The van der Waals surface area contributed by atoms with Gasteiger partial charge in [-0.1, -0.05) is 45.1 Å². The molecule has 0 aromatic heterocycles. The SMILES string of the molecule is CCCCCCCCS(=O)(=O)c1ccc(O)c(C(=O)Nc2cccc(C(F)(F)F)c2)c1. The van der Waals surface area contributed by atoms with Crippen LogP contribution in [0.5, 0.6) is 5.75 Å². The van der Waals surface area contributed by atoms with Crippen LogP contribution in [0.4, 0.5) is 18.9 Å². The largest absolute Gasteiger partial charge is 0.507 e. The zero-order valence-electron chi connectivity index (χ0n) is 17.2. The van der Waals surface area contributed by atoms with E-state index in [0.717, 1.165) is 62.4 Å². The number of phenols is 1. The van der Waals surface area contributed by atoms with Crippen LogP contribution in [0.3, 0.4) is 0 Å². The van der Waals surface area contributed by atoms with Gasteiger partial charge < -0.3 is 10.4 Å². The Morgan fingerprint density at radius 2 is 1.68 bits per heavy atom. The van der Waals surface area contributed by atoms with Gasteiger partial charge in [0, 0.05) is 5.69 Å². The summed E-state index contributed by atoms with van der Waals surface area (Å²) in [5.74, 6) is -1.46. The topological polar surface area (TPSA) is 83.5 Å². The minimum atomic E-state index is -4.58. The molecular weight excluding hydrogens is 431 g/mol. The van der Waals surface area contributed by atoms with Crippen molar-refractivity contribution in [1.82, 2.24) is 0 Å². The number of rotatable bonds is 10. The highest BCUT2D eigenvalue weighted by Crippen LogP contribution is 2.31. The van der Waals surface area contributed by atoms with E-state index in [9.17, 15) is 31.5 Å². The molecule has 1 amide bonds. The molecule has 2 aromatic carbocycles. The standard InChI is InChI=1S/C22H26F3NO4S/c1-2-3-4-5-6-7-13-31(29,30)18-11-12-20(27)19(15-18)21(28)26-17-10-8-9-16(14-17)22(23,24)25/h8-12,14-15,27H,2-7,13H2,1H3,(H,26,28). The van der Waals surface area contributed by atoms with Gasteiger partial charge in [-0.2, -0.15) is 13.2 Å². The predicted octanol–water partition coefficient (Wildman–Crippen LogP) is 5.80. The fourth-order valence-corrected chi connectivity index (χ4v) is 4.45. The van der Waals surface area contributed by atoms with Gasteiger partial charge in [0.2, 0.25) is 0 Å². The van der Waals surface area contributed by atoms with E-state index in [1.165, 1.54) is 12.1 Å². The van der Waals surface area contributed by atoms with Crippen LogP contribution in [-0.4, -0.2) is 25.2 Å². The van der Waals surface area contributed by atoms with Gasteiger partial charge in [-0.05, 0) is 42.8 Å². The van der Waals surface area contributed by atoms with Gasteiger partial charge in [-0.25, -0.2) is 8.42 Å². The molecule has 0 aliphatic rings. The van der Waals surface area contributed by atoms with E-state index in [4.69, 9.17) is 0 Å². The number of alkyl halides is 3. The van der Waals surface area contributed by atoms with Gasteiger partial charge in [-0.3, -0.25) is 4.79 Å². The molecule has 0 aliphatic carbocycles. The minimum Gasteiger partial charge on any atom is -0.507 e. The molecule has 170 valence electrons. The molecule has 0 saturated heterocycles. The number of carbonyl (C=O) groups excluding carboxylic acids is 1. The summed E-state index contributed by atoms with van der Waals surface area (Å²) in [7, 11) is -3.66. The first kappa shape index (κ1) is 24.7. The van der Waals surface area contributed by atoms with E-state index in [-0.39, 0.29) is 21.9 Å². The highest BCUT2D eigenvalue weighted by Gasteiger charge is 2.30. The molecule has 0 spiro atoms. The van der Waals surface area contributed by atoms with E-state index < -0.39 is 33.2 Å². The molecule has 0 atom stereocenters. The van der Waals surface area contributed by atoms with Crippen LogP contribution in [0.15, 0.2) is 47.4 Å². The third-order valence-electron chi connectivity index (χ3n) is 4.79. The van der Waals surface area contributed by atoms with E-state index >= 15 is 0 Å². The lowest BCUT2D eigenvalue weighted by atomic mass is 10.1. The molecule has 0 radical (unpaired) electrons. The van der Waals surface area contributed by atoms with E-state index in [1.54, 1.807) is 0 Å². The zero-order valence-corrected chi connectivity index (χ0v) is 18.0. The number of halogens is 3. The van der Waals surface area contributed by atoms with Gasteiger partial charge >= 0.3 is 6.18 Å². The summed E-state index contributed by atoms with van der Waals surface area (Å²) in [6.07, 6.45) is 0.887. The molecule has 9 heteroatoms. The summed E-state index contributed by atoms with van der Waals surface area (Å²) >= 11 is 0. The van der Waals surface area contributed by atoms with Gasteiger partial charge in [-0.15, -0.1) is 0 Å². The van der Waals surface area contributed by atoms with Gasteiger partial charge in [0.1, 0.15) is 5.75 Å². The number of hydrogen-bond donors (Lipinski definition) is 2. The molecule has 2 N–H and O–H groups in total. The van der Waals surface area contributed by atoms with Crippen molar-refractivity contribution < 1.29 is 31.5 Å². The Labute approximate surface area is 180 Å². The molecular formula is C22H26F3NO4S. The number of sulfone groups is 1. The number of amides is 1. The molecule has 0 aliphatic heterocycles. The monoisotopic (exact) mass is 457 g/mol. The molecule has 5 nitrogen and oxygen atoms in total. The number of unbranched alkanes of at least 4 members (excludes halogenated alkanes) is 5. The van der Waals surface area contributed by atoms with Crippen LogP contribution < -0.4 is 5.32 Å². The summed E-state index contributed by atoms with van der Waals surface area (Å²) in [5, 5.41) is 12.3. The number of phenolic OH excluding ortho intramolecular Hbond substituents is 1. The zero-order chi connectivity index (χ0) is 23.1. The van der Waals surface area contributed by atoms with Crippen molar-refractivity contribution in [3.63, 3.8) is 0 Å². The minimum absolute atomic E-state index is 0.0847. The van der Waals surface area contributed by atoms with Crippen LogP contribution in [-0.2, 0) is 16.0 Å². The number of carbonyl (C=O) groups is 1. The second-order valence-corrected chi connectivity index (χ2v) is 9.41. The van der Waals surface area contributed by atoms with Crippen molar-refractivity contribution in [3.05, 3.63) is 53.6 Å². The summed E-state index contributed by atoms with van der Waals surface area (Å²) in [6, 6.07) is 7.38. The lowest BCUT2D eigenvalue weighted by Gasteiger charge is -2.12. The van der Waals surface area contributed by atoms with Crippen molar-refractivity contribution in [2.75, 3.05) is 11.1 Å². The number of benzene rings is 2. The van der Waals surface area contributed by atoms with Crippen LogP contribution in [0, 0.1) is 0 Å². The number of anilines is 1. The third-order valence-corrected chi connectivity index (χ3v) is 6.58.